The molecule has 0 unspecified atom stereocenters. The Morgan fingerprint density at radius 2 is 2.28 bits per heavy atom. The Morgan fingerprint density at radius 3 is 2.72 bits per heavy atom. The molecule has 0 saturated heterocycles. The normalized spacial score (nSPS) is 10.4. The molecule has 0 atom stereocenters. The third-order valence-corrected chi connectivity index (χ3v) is 2.78. The third-order valence-electron chi connectivity index (χ3n) is 2.78. The molecule has 6 heteroatoms. The Kier molecular flexibility index (Phi) is 4.72. The molecular formula is C12H19N5O. The summed E-state index contributed by atoms with van der Waals surface area (Å²) < 4.78 is 0. The van der Waals surface area contributed by atoms with Gasteiger partial charge in [0.2, 0.25) is 0 Å². The Hall–Kier alpha value is -2.03. The lowest BCUT2D eigenvalue weighted by Gasteiger charge is -2.18. The molecule has 3 N–H and O–H groups in total. The molecule has 0 aliphatic carbocycles. The molecule has 1 aromatic heterocycles. The second kappa shape index (κ2) is 6.05. The minimum Gasteiger partial charge on any atom is -0.395 e. The molecular weight excluding hydrogens is 230 g/mol. The van der Waals surface area contributed by atoms with Crippen LogP contribution < -0.4 is 5.73 Å². The highest BCUT2D eigenvalue weighted by Crippen LogP contribution is 2.23. The Morgan fingerprint density at radius 1 is 1.61 bits per heavy atom. The average Bonchev–Trinajstić information content (AvgIpc) is 2.71. The number of aromatic amines is 1. The van der Waals surface area contributed by atoms with E-state index in [-0.39, 0.29) is 17.5 Å². The van der Waals surface area contributed by atoms with Gasteiger partial charge in [0, 0.05) is 13.1 Å². The van der Waals surface area contributed by atoms with Gasteiger partial charge in [-0.3, -0.25) is 9.89 Å². The summed E-state index contributed by atoms with van der Waals surface area (Å²) in [7, 11) is 0. The van der Waals surface area contributed by atoms with Crippen LogP contribution in [0.5, 0.6) is 0 Å². The van der Waals surface area contributed by atoms with Crippen LogP contribution in [0.4, 0.5) is 5.69 Å². The molecule has 1 rings (SSSR count). The zero-order chi connectivity index (χ0) is 13.7. The molecule has 1 amide bonds. The first-order valence-electron chi connectivity index (χ1n) is 6.02. The molecule has 0 aliphatic rings. The minimum atomic E-state index is -0.228. The Balaban J connectivity index is 2.92. The Labute approximate surface area is 107 Å². The first-order valence-corrected chi connectivity index (χ1v) is 6.02. The number of anilines is 1. The molecule has 0 saturated carbocycles. The number of carbonyl (C=O) groups excluding carboxylic acids is 1. The lowest BCUT2D eigenvalue weighted by molar-refractivity contribution is 0.0763. The van der Waals surface area contributed by atoms with Crippen LogP contribution in [-0.2, 0) is 0 Å². The van der Waals surface area contributed by atoms with E-state index < -0.39 is 0 Å². The second-order valence-electron chi connectivity index (χ2n) is 4.35. The summed E-state index contributed by atoms with van der Waals surface area (Å²) in [6.45, 7) is 6.75. The number of nitrogens with zero attached hydrogens (tertiary/aromatic N) is 3. The van der Waals surface area contributed by atoms with E-state index in [9.17, 15) is 4.79 Å². The van der Waals surface area contributed by atoms with E-state index in [2.05, 4.69) is 10.2 Å². The van der Waals surface area contributed by atoms with E-state index in [1.165, 1.54) is 0 Å². The maximum Gasteiger partial charge on any atom is 0.276 e. The number of nitrogens with one attached hydrogen (secondary N) is 1. The van der Waals surface area contributed by atoms with Gasteiger partial charge in [-0.25, -0.2) is 0 Å². The van der Waals surface area contributed by atoms with Gasteiger partial charge < -0.3 is 10.6 Å². The zero-order valence-electron chi connectivity index (χ0n) is 11.0. The summed E-state index contributed by atoms with van der Waals surface area (Å²) >= 11 is 0. The van der Waals surface area contributed by atoms with Crippen LogP contribution in [0.1, 0.15) is 49.3 Å². The van der Waals surface area contributed by atoms with Crippen molar-refractivity contribution in [1.29, 1.82) is 5.26 Å². The van der Waals surface area contributed by atoms with Crippen LogP contribution in [0.2, 0.25) is 0 Å². The number of amides is 1. The number of rotatable bonds is 5. The van der Waals surface area contributed by atoms with Gasteiger partial charge in [-0.2, -0.15) is 10.4 Å². The summed E-state index contributed by atoms with van der Waals surface area (Å²) in [5, 5.41) is 15.4. The standard InChI is InChI=1S/C12H19N5O/c1-4-17(7-5-6-13)12(18)11-9(14)10(8(2)3)15-16-11/h8H,4-5,7,14H2,1-3H3,(H,15,16). The van der Waals surface area contributed by atoms with Crippen molar-refractivity contribution in [2.24, 2.45) is 0 Å². The molecule has 0 aromatic carbocycles. The van der Waals surface area contributed by atoms with Crippen LogP contribution in [0.3, 0.4) is 0 Å². The van der Waals surface area contributed by atoms with Crippen molar-refractivity contribution in [2.45, 2.75) is 33.1 Å². The number of hydrogen-bond donors (Lipinski definition) is 2. The maximum absolute atomic E-state index is 12.2. The van der Waals surface area contributed by atoms with E-state index in [1.807, 2.05) is 26.8 Å². The lowest BCUT2D eigenvalue weighted by atomic mass is 10.1. The summed E-state index contributed by atoms with van der Waals surface area (Å²) in [6.07, 6.45) is 0.306. The number of aromatic nitrogens is 2. The van der Waals surface area contributed by atoms with Crippen molar-refractivity contribution >= 4 is 11.6 Å². The van der Waals surface area contributed by atoms with Crippen LogP contribution in [0.15, 0.2) is 0 Å². The molecule has 0 spiro atoms. The largest absolute Gasteiger partial charge is 0.395 e. The van der Waals surface area contributed by atoms with E-state index in [4.69, 9.17) is 11.0 Å². The fourth-order valence-electron chi connectivity index (χ4n) is 1.71. The van der Waals surface area contributed by atoms with Crippen LogP contribution in [-0.4, -0.2) is 34.1 Å². The second-order valence-corrected chi connectivity index (χ2v) is 4.35. The van der Waals surface area contributed by atoms with Gasteiger partial charge in [-0.05, 0) is 12.8 Å². The average molecular weight is 249 g/mol. The van der Waals surface area contributed by atoms with Crippen molar-refractivity contribution in [2.75, 3.05) is 18.8 Å². The van der Waals surface area contributed by atoms with Gasteiger partial charge >= 0.3 is 0 Å². The molecule has 98 valence electrons. The lowest BCUT2D eigenvalue weighted by Crippen LogP contribution is -2.32. The molecule has 0 radical (unpaired) electrons. The number of H-pyrrole nitrogens is 1. The number of nitrogens with two attached hydrogens (primary N) is 1. The van der Waals surface area contributed by atoms with E-state index in [1.54, 1.807) is 4.90 Å². The molecule has 0 bridgehead atoms. The van der Waals surface area contributed by atoms with Crippen LogP contribution in [0, 0.1) is 11.3 Å². The van der Waals surface area contributed by atoms with Crippen molar-refractivity contribution in [3.8, 4) is 6.07 Å². The van der Waals surface area contributed by atoms with Crippen molar-refractivity contribution in [3.63, 3.8) is 0 Å². The number of hydrogen-bond acceptors (Lipinski definition) is 4. The Bertz CT molecular complexity index is 458. The number of nitrogen functional groups attached to an aromatic ring is 1. The molecule has 1 aromatic rings. The molecule has 0 aliphatic heterocycles. The number of carbonyl (C=O) groups is 1. The first-order chi connectivity index (χ1) is 8.52. The SMILES string of the molecule is CCN(CCC#N)C(=O)c1n[nH]c(C(C)C)c1N. The topological polar surface area (TPSA) is 98.8 Å². The van der Waals surface area contributed by atoms with Crippen LogP contribution >= 0.6 is 0 Å². The van der Waals surface area contributed by atoms with Gasteiger partial charge in [0.25, 0.3) is 5.91 Å². The van der Waals surface area contributed by atoms with E-state index in [0.29, 0.717) is 25.2 Å². The summed E-state index contributed by atoms with van der Waals surface area (Å²) in [5.74, 6) is -0.0402. The van der Waals surface area contributed by atoms with Gasteiger partial charge in [-0.15, -0.1) is 0 Å². The summed E-state index contributed by atoms with van der Waals surface area (Å²) in [6, 6.07) is 2.02. The van der Waals surface area contributed by atoms with Gasteiger partial charge in [-0.1, -0.05) is 13.8 Å². The summed E-state index contributed by atoms with van der Waals surface area (Å²) in [4.78, 5) is 13.8. The monoisotopic (exact) mass is 249 g/mol. The highest BCUT2D eigenvalue weighted by atomic mass is 16.2. The predicted molar refractivity (Wildman–Crippen MR) is 68.9 cm³/mol. The first kappa shape index (κ1) is 14.0. The van der Waals surface area contributed by atoms with Crippen molar-refractivity contribution in [1.82, 2.24) is 15.1 Å². The van der Waals surface area contributed by atoms with Gasteiger partial charge in [0.05, 0.1) is 23.9 Å². The fourth-order valence-corrected chi connectivity index (χ4v) is 1.71. The van der Waals surface area contributed by atoms with Gasteiger partial charge in [0.1, 0.15) is 0 Å². The predicted octanol–water partition coefficient (Wildman–Crippen LogP) is 1.49. The maximum atomic E-state index is 12.2. The smallest absolute Gasteiger partial charge is 0.276 e. The fraction of sp³-hybridized carbons (Fsp3) is 0.583. The molecule has 6 nitrogen and oxygen atoms in total. The molecule has 18 heavy (non-hydrogen) atoms. The van der Waals surface area contributed by atoms with Crippen molar-refractivity contribution in [3.05, 3.63) is 11.4 Å². The van der Waals surface area contributed by atoms with E-state index >= 15 is 0 Å². The highest BCUT2D eigenvalue weighted by molar-refractivity contribution is 5.97. The zero-order valence-corrected chi connectivity index (χ0v) is 11.0. The quantitative estimate of drug-likeness (QED) is 0.825. The van der Waals surface area contributed by atoms with Crippen LogP contribution in [0.25, 0.3) is 0 Å². The summed E-state index contributed by atoms with van der Waals surface area (Å²) in [5.41, 5.74) is 7.35. The van der Waals surface area contributed by atoms with E-state index in [0.717, 1.165) is 5.69 Å². The highest BCUT2D eigenvalue weighted by Gasteiger charge is 2.22. The molecule has 0 fully saturated rings. The molecule has 1 heterocycles. The van der Waals surface area contributed by atoms with Crippen molar-refractivity contribution < 1.29 is 4.79 Å². The third kappa shape index (κ3) is 2.80. The number of nitriles is 1. The van der Waals surface area contributed by atoms with Gasteiger partial charge in [0.15, 0.2) is 5.69 Å². The minimum absolute atomic E-state index is 0.188.